The summed E-state index contributed by atoms with van der Waals surface area (Å²) in [7, 11) is 0. The lowest BCUT2D eigenvalue weighted by Crippen LogP contribution is -2.33. The predicted molar refractivity (Wildman–Crippen MR) is 73.4 cm³/mol. The highest BCUT2D eigenvalue weighted by molar-refractivity contribution is 5.94. The lowest BCUT2D eigenvalue weighted by atomic mass is 9.98. The molecule has 1 heterocycles. The number of hydrogen-bond acceptors (Lipinski definition) is 4. The maximum absolute atomic E-state index is 13.3. The molecular formula is C14H17FN2O4. The Kier molecular flexibility index (Phi) is 4.22. The van der Waals surface area contributed by atoms with Crippen LogP contribution in [0.15, 0.2) is 18.2 Å². The van der Waals surface area contributed by atoms with Crippen molar-refractivity contribution in [1.82, 2.24) is 4.90 Å². The molecule has 2 rings (SSSR count). The third-order valence-electron chi connectivity index (χ3n) is 3.74. The Balaban J connectivity index is 2.20. The summed E-state index contributed by atoms with van der Waals surface area (Å²) in [6.45, 7) is 2.57. The molecular weight excluding hydrogens is 279 g/mol. The first-order chi connectivity index (χ1) is 9.80. The van der Waals surface area contributed by atoms with E-state index in [9.17, 15) is 24.4 Å². The van der Waals surface area contributed by atoms with Gasteiger partial charge in [-0.15, -0.1) is 0 Å². The summed E-state index contributed by atoms with van der Waals surface area (Å²) in [5, 5.41) is 20.7. The van der Waals surface area contributed by atoms with Crippen molar-refractivity contribution in [1.29, 1.82) is 0 Å². The van der Waals surface area contributed by atoms with E-state index in [-0.39, 0.29) is 11.5 Å². The Morgan fingerprint density at radius 2 is 2.14 bits per heavy atom. The zero-order chi connectivity index (χ0) is 15.6. The van der Waals surface area contributed by atoms with Crippen molar-refractivity contribution in [2.75, 3.05) is 13.1 Å². The van der Waals surface area contributed by atoms with Gasteiger partial charge in [0.1, 0.15) is 0 Å². The van der Waals surface area contributed by atoms with Crippen molar-refractivity contribution in [3.63, 3.8) is 0 Å². The van der Waals surface area contributed by atoms with Gasteiger partial charge in [0.15, 0.2) is 0 Å². The van der Waals surface area contributed by atoms with Crippen molar-refractivity contribution < 1.29 is 19.2 Å². The molecule has 6 nitrogen and oxygen atoms in total. The second kappa shape index (κ2) is 5.77. The molecule has 0 bridgehead atoms. The van der Waals surface area contributed by atoms with Crippen LogP contribution in [0.2, 0.25) is 0 Å². The number of rotatable bonds is 2. The van der Waals surface area contributed by atoms with Crippen LogP contribution in [0.5, 0.6) is 0 Å². The van der Waals surface area contributed by atoms with E-state index < -0.39 is 22.0 Å². The van der Waals surface area contributed by atoms with Crippen LogP contribution in [0, 0.1) is 15.9 Å². The number of nitro benzene ring substituents is 1. The second-order valence-corrected chi connectivity index (χ2v) is 5.57. The van der Waals surface area contributed by atoms with Crippen LogP contribution < -0.4 is 0 Å². The number of hydrogen-bond donors (Lipinski definition) is 1. The van der Waals surface area contributed by atoms with Crippen LogP contribution in [0.4, 0.5) is 10.1 Å². The first-order valence-corrected chi connectivity index (χ1v) is 6.76. The number of nitro groups is 1. The Morgan fingerprint density at radius 3 is 2.81 bits per heavy atom. The summed E-state index contributed by atoms with van der Waals surface area (Å²) < 4.78 is 13.3. The molecule has 0 aromatic heterocycles. The van der Waals surface area contributed by atoms with Crippen molar-refractivity contribution in [3.8, 4) is 0 Å². The molecule has 7 heteroatoms. The van der Waals surface area contributed by atoms with Gasteiger partial charge in [0.25, 0.3) is 5.91 Å². The summed E-state index contributed by atoms with van der Waals surface area (Å²) >= 11 is 0. The lowest BCUT2D eigenvalue weighted by molar-refractivity contribution is -0.387. The molecule has 21 heavy (non-hydrogen) atoms. The zero-order valence-electron chi connectivity index (χ0n) is 11.7. The molecule has 1 atom stereocenters. The van der Waals surface area contributed by atoms with E-state index in [1.165, 1.54) is 6.07 Å². The van der Waals surface area contributed by atoms with E-state index >= 15 is 0 Å². The number of carbonyl (C=O) groups is 1. The second-order valence-electron chi connectivity index (χ2n) is 5.57. The van der Waals surface area contributed by atoms with Crippen LogP contribution in [0.25, 0.3) is 0 Å². The highest BCUT2D eigenvalue weighted by Gasteiger charge is 2.28. The molecule has 1 unspecified atom stereocenters. The zero-order valence-corrected chi connectivity index (χ0v) is 11.7. The topological polar surface area (TPSA) is 83.7 Å². The van der Waals surface area contributed by atoms with Crippen LogP contribution in [0.1, 0.15) is 36.5 Å². The number of carbonyl (C=O) groups excluding carboxylic acids is 1. The number of nitrogens with zero attached hydrogens (tertiary/aromatic N) is 2. The van der Waals surface area contributed by atoms with Gasteiger partial charge in [0.2, 0.25) is 5.82 Å². The standard InChI is InChI=1S/C14H17FN2O4/c1-14(19)5-2-7-16(8-6-14)13(18)10-3-4-11(15)12(9-10)17(20)21/h3-4,9,19H,2,5-8H2,1H3. The molecule has 1 fully saturated rings. The molecule has 1 saturated heterocycles. The summed E-state index contributed by atoms with van der Waals surface area (Å²) in [5.74, 6) is -1.34. The maximum atomic E-state index is 13.3. The van der Waals surface area contributed by atoms with Gasteiger partial charge in [-0.1, -0.05) is 0 Å². The maximum Gasteiger partial charge on any atom is 0.305 e. The van der Waals surface area contributed by atoms with Crippen molar-refractivity contribution in [2.24, 2.45) is 0 Å². The van der Waals surface area contributed by atoms with E-state index in [4.69, 9.17) is 0 Å². The van der Waals surface area contributed by atoms with Gasteiger partial charge in [-0.2, -0.15) is 4.39 Å². The smallest absolute Gasteiger partial charge is 0.305 e. The number of benzene rings is 1. The first kappa shape index (κ1) is 15.4. The number of aliphatic hydroxyl groups is 1. The molecule has 0 radical (unpaired) electrons. The molecule has 0 saturated carbocycles. The molecule has 1 aliphatic rings. The van der Waals surface area contributed by atoms with Gasteiger partial charge in [-0.25, -0.2) is 0 Å². The quantitative estimate of drug-likeness (QED) is 0.669. The summed E-state index contributed by atoms with van der Waals surface area (Å²) in [6, 6.07) is 3.13. The van der Waals surface area contributed by atoms with Crippen LogP contribution in [-0.4, -0.2) is 39.5 Å². The molecule has 0 spiro atoms. The fourth-order valence-corrected chi connectivity index (χ4v) is 2.43. The van der Waals surface area contributed by atoms with E-state index in [1.54, 1.807) is 11.8 Å². The van der Waals surface area contributed by atoms with Crippen LogP contribution in [-0.2, 0) is 0 Å². The van der Waals surface area contributed by atoms with Gasteiger partial charge < -0.3 is 10.0 Å². The van der Waals surface area contributed by atoms with Crippen LogP contribution >= 0.6 is 0 Å². The number of likely N-dealkylation sites (tertiary alicyclic amines) is 1. The molecule has 114 valence electrons. The molecule has 1 N–H and O–H groups in total. The minimum atomic E-state index is -0.963. The lowest BCUT2D eigenvalue weighted by Gasteiger charge is -2.22. The Labute approximate surface area is 121 Å². The monoisotopic (exact) mass is 296 g/mol. The van der Waals surface area contributed by atoms with Crippen molar-refractivity contribution >= 4 is 11.6 Å². The highest BCUT2D eigenvalue weighted by Crippen LogP contribution is 2.24. The van der Waals surface area contributed by atoms with Gasteiger partial charge in [-0.3, -0.25) is 14.9 Å². The Hall–Kier alpha value is -2.02. The Morgan fingerprint density at radius 1 is 1.43 bits per heavy atom. The Bertz CT molecular complexity index is 574. The minimum Gasteiger partial charge on any atom is -0.390 e. The molecule has 1 aliphatic heterocycles. The average molecular weight is 296 g/mol. The van der Waals surface area contributed by atoms with Gasteiger partial charge >= 0.3 is 5.69 Å². The normalized spacial score (nSPS) is 22.7. The van der Waals surface area contributed by atoms with Gasteiger partial charge in [-0.05, 0) is 38.3 Å². The van der Waals surface area contributed by atoms with E-state index in [0.717, 1.165) is 12.1 Å². The molecule has 1 amide bonds. The van der Waals surface area contributed by atoms with Crippen LogP contribution in [0.3, 0.4) is 0 Å². The van der Waals surface area contributed by atoms with E-state index in [1.807, 2.05) is 0 Å². The third-order valence-corrected chi connectivity index (χ3v) is 3.74. The average Bonchev–Trinajstić information content (AvgIpc) is 2.59. The fourth-order valence-electron chi connectivity index (χ4n) is 2.43. The molecule has 0 aliphatic carbocycles. The SMILES string of the molecule is CC1(O)CCCN(C(=O)c2ccc(F)c([N+](=O)[O-])c2)CC1. The number of amides is 1. The first-order valence-electron chi connectivity index (χ1n) is 6.76. The minimum absolute atomic E-state index is 0.0876. The summed E-state index contributed by atoms with van der Waals surface area (Å²) in [5.41, 5.74) is -1.42. The van der Waals surface area contributed by atoms with Gasteiger partial charge in [0.05, 0.1) is 10.5 Å². The summed E-state index contributed by atoms with van der Waals surface area (Å²) in [4.78, 5) is 23.8. The fraction of sp³-hybridized carbons (Fsp3) is 0.500. The van der Waals surface area contributed by atoms with E-state index in [2.05, 4.69) is 0 Å². The highest BCUT2D eigenvalue weighted by atomic mass is 19.1. The third kappa shape index (κ3) is 3.55. The van der Waals surface area contributed by atoms with Crippen molar-refractivity contribution in [3.05, 3.63) is 39.7 Å². The number of halogens is 1. The molecule has 1 aromatic carbocycles. The molecule has 1 aromatic rings. The largest absolute Gasteiger partial charge is 0.390 e. The predicted octanol–water partition coefficient (Wildman–Crippen LogP) is 2.11. The van der Waals surface area contributed by atoms with Gasteiger partial charge in [0, 0.05) is 24.7 Å². The van der Waals surface area contributed by atoms with E-state index in [0.29, 0.717) is 32.4 Å². The van der Waals surface area contributed by atoms with Crippen molar-refractivity contribution in [2.45, 2.75) is 31.8 Å². The summed E-state index contributed by atoms with van der Waals surface area (Å²) in [6.07, 6.45) is 1.70.